The maximum absolute atomic E-state index is 13.0. The largest absolute Gasteiger partial charge is 0.482 e. The van der Waals surface area contributed by atoms with Crippen LogP contribution in [0.3, 0.4) is 0 Å². The van der Waals surface area contributed by atoms with Crippen LogP contribution >= 0.6 is 0 Å². The summed E-state index contributed by atoms with van der Waals surface area (Å²) in [6, 6.07) is 11.5. The predicted molar refractivity (Wildman–Crippen MR) is 106 cm³/mol. The van der Waals surface area contributed by atoms with E-state index in [9.17, 15) is 22.8 Å². The van der Waals surface area contributed by atoms with Crippen LogP contribution < -0.4 is 15.0 Å². The molecular weight excluding hydrogens is 397 g/mol. The minimum atomic E-state index is -4.44. The fraction of sp³-hybridized carbons (Fsp3) is 0.364. The number of amides is 2. The first kappa shape index (κ1) is 21.7. The van der Waals surface area contributed by atoms with Crippen molar-refractivity contribution in [2.75, 3.05) is 18.1 Å². The predicted octanol–water partition coefficient (Wildman–Crippen LogP) is 4.48. The molecule has 0 radical (unpaired) electrons. The van der Waals surface area contributed by atoms with Gasteiger partial charge in [-0.25, -0.2) is 0 Å². The van der Waals surface area contributed by atoms with Crippen LogP contribution in [0.2, 0.25) is 0 Å². The van der Waals surface area contributed by atoms with Crippen molar-refractivity contribution in [1.82, 2.24) is 5.32 Å². The van der Waals surface area contributed by atoms with Gasteiger partial charge in [-0.1, -0.05) is 37.6 Å². The molecule has 160 valence electrons. The number of alkyl halides is 3. The minimum Gasteiger partial charge on any atom is -0.482 e. The summed E-state index contributed by atoms with van der Waals surface area (Å²) < 4.78 is 44.5. The summed E-state index contributed by atoms with van der Waals surface area (Å²) in [5, 5.41) is 2.82. The lowest BCUT2D eigenvalue weighted by atomic mass is 9.99. The average Bonchev–Trinajstić information content (AvgIpc) is 2.72. The van der Waals surface area contributed by atoms with Crippen molar-refractivity contribution in [3.63, 3.8) is 0 Å². The molecular formula is C22H23F3N2O3. The van der Waals surface area contributed by atoms with E-state index in [1.165, 1.54) is 11.0 Å². The molecule has 30 heavy (non-hydrogen) atoms. The van der Waals surface area contributed by atoms with Crippen molar-refractivity contribution in [2.24, 2.45) is 0 Å². The molecule has 0 fully saturated rings. The second-order valence-corrected chi connectivity index (χ2v) is 7.08. The van der Waals surface area contributed by atoms with E-state index in [0.29, 0.717) is 29.8 Å². The van der Waals surface area contributed by atoms with E-state index < -0.39 is 17.8 Å². The number of ether oxygens (including phenoxy) is 1. The van der Waals surface area contributed by atoms with E-state index in [4.69, 9.17) is 4.74 Å². The van der Waals surface area contributed by atoms with Crippen LogP contribution in [0.15, 0.2) is 48.5 Å². The van der Waals surface area contributed by atoms with E-state index in [0.717, 1.165) is 12.1 Å². The van der Waals surface area contributed by atoms with Gasteiger partial charge in [-0.3, -0.25) is 9.59 Å². The summed E-state index contributed by atoms with van der Waals surface area (Å²) in [7, 11) is 0. The van der Waals surface area contributed by atoms with Gasteiger partial charge >= 0.3 is 6.18 Å². The van der Waals surface area contributed by atoms with E-state index >= 15 is 0 Å². The Morgan fingerprint density at radius 1 is 1.20 bits per heavy atom. The third-order valence-electron chi connectivity index (χ3n) is 4.90. The second-order valence-electron chi connectivity index (χ2n) is 7.08. The Kier molecular flexibility index (Phi) is 6.64. The monoisotopic (exact) mass is 420 g/mol. The number of hydrogen-bond acceptors (Lipinski definition) is 3. The molecule has 2 amide bonds. The molecule has 8 heteroatoms. The molecule has 1 N–H and O–H groups in total. The SMILES string of the molecule is CCCC(NC(=O)CCN1C(=O)COc2ccccc21)c1cccc(C(F)(F)F)c1. The molecule has 5 nitrogen and oxygen atoms in total. The Morgan fingerprint density at radius 2 is 1.97 bits per heavy atom. The van der Waals surface area contributed by atoms with Crippen molar-refractivity contribution in [2.45, 2.75) is 38.4 Å². The first-order chi connectivity index (χ1) is 14.3. The van der Waals surface area contributed by atoms with Gasteiger partial charge in [0.2, 0.25) is 5.91 Å². The zero-order chi connectivity index (χ0) is 21.7. The van der Waals surface area contributed by atoms with Gasteiger partial charge in [-0.2, -0.15) is 13.2 Å². The molecule has 0 saturated carbocycles. The number of para-hydroxylation sites is 2. The Labute approximate surface area is 172 Å². The lowest BCUT2D eigenvalue weighted by Gasteiger charge is -2.29. The fourth-order valence-corrected chi connectivity index (χ4v) is 3.42. The van der Waals surface area contributed by atoms with Crippen molar-refractivity contribution >= 4 is 17.5 Å². The van der Waals surface area contributed by atoms with Crippen LogP contribution in [0.1, 0.15) is 43.4 Å². The van der Waals surface area contributed by atoms with E-state index in [1.54, 1.807) is 30.3 Å². The topological polar surface area (TPSA) is 58.6 Å². The van der Waals surface area contributed by atoms with Crippen LogP contribution in [-0.2, 0) is 15.8 Å². The lowest BCUT2D eigenvalue weighted by molar-refractivity contribution is -0.137. The van der Waals surface area contributed by atoms with Gasteiger partial charge in [-0.15, -0.1) is 0 Å². The van der Waals surface area contributed by atoms with Gasteiger partial charge in [0.25, 0.3) is 5.91 Å². The molecule has 0 saturated heterocycles. The van der Waals surface area contributed by atoms with E-state index in [2.05, 4.69) is 5.32 Å². The highest BCUT2D eigenvalue weighted by Crippen LogP contribution is 2.32. The lowest BCUT2D eigenvalue weighted by Crippen LogP contribution is -2.41. The summed E-state index contributed by atoms with van der Waals surface area (Å²) in [5.74, 6) is -0.00236. The van der Waals surface area contributed by atoms with Crippen molar-refractivity contribution in [3.05, 3.63) is 59.7 Å². The highest BCUT2D eigenvalue weighted by atomic mass is 19.4. The van der Waals surface area contributed by atoms with E-state index in [-0.39, 0.29) is 31.4 Å². The number of carbonyl (C=O) groups is 2. The summed E-state index contributed by atoms with van der Waals surface area (Å²) in [6.45, 7) is 1.96. The zero-order valence-electron chi connectivity index (χ0n) is 16.5. The van der Waals surface area contributed by atoms with Gasteiger partial charge in [0, 0.05) is 13.0 Å². The molecule has 1 unspecified atom stereocenters. The normalized spacial score (nSPS) is 14.7. The molecule has 0 spiro atoms. The fourth-order valence-electron chi connectivity index (χ4n) is 3.42. The number of nitrogens with zero attached hydrogens (tertiary/aromatic N) is 1. The number of carbonyl (C=O) groups excluding carboxylic acids is 2. The first-order valence-corrected chi connectivity index (χ1v) is 9.78. The van der Waals surface area contributed by atoms with Crippen LogP contribution in [0.5, 0.6) is 5.75 Å². The number of rotatable bonds is 7. The number of nitrogens with one attached hydrogen (secondary N) is 1. The van der Waals surface area contributed by atoms with Crippen LogP contribution in [0.25, 0.3) is 0 Å². The molecule has 1 heterocycles. The molecule has 0 aromatic heterocycles. The van der Waals surface area contributed by atoms with Crippen molar-refractivity contribution in [1.29, 1.82) is 0 Å². The highest BCUT2D eigenvalue weighted by Gasteiger charge is 2.31. The Balaban J connectivity index is 1.67. The van der Waals surface area contributed by atoms with Crippen LogP contribution in [0.4, 0.5) is 18.9 Å². The zero-order valence-corrected chi connectivity index (χ0v) is 16.5. The van der Waals surface area contributed by atoms with Gasteiger partial charge in [0.15, 0.2) is 6.61 Å². The number of fused-ring (bicyclic) bond motifs is 1. The van der Waals surface area contributed by atoms with Gasteiger partial charge < -0.3 is 15.0 Å². The quantitative estimate of drug-likeness (QED) is 0.719. The summed E-state index contributed by atoms with van der Waals surface area (Å²) in [6.07, 6.45) is -3.22. The molecule has 3 rings (SSSR count). The van der Waals surface area contributed by atoms with Crippen LogP contribution in [-0.4, -0.2) is 25.0 Å². The third-order valence-corrected chi connectivity index (χ3v) is 4.90. The number of hydrogen-bond donors (Lipinski definition) is 1. The molecule has 2 aromatic rings. The second kappa shape index (κ2) is 9.19. The summed E-state index contributed by atoms with van der Waals surface area (Å²) >= 11 is 0. The Hall–Kier alpha value is -3.03. The molecule has 1 aliphatic rings. The number of halogens is 3. The molecule has 1 atom stereocenters. The highest BCUT2D eigenvalue weighted by molar-refractivity contribution is 5.98. The smallest absolute Gasteiger partial charge is 0.416 e. The standard InChI is InChI=1S/C22H23F3N2O3/c1-2-6-17(15-7-5-8-16(13-15)22(23,24)25)26-20(28)11-12-27-18-9-3-4-10-19(18)30-14-21(27)29/h3-5,7-10,13,17H,2,6,11-12,14H2,1H3,(H,26,28). The third kappa shape index (κ3) is 5.11. The molecule has 1 aliphatic heterocycles. The average molecular weight is 420 g/mol. The summed E-state index contributed by atoms with van der Waals surface area (Å²) in [5.41, 5.74) is 0.267. The Morgan fingerprint density at radius 3 is 2.70 bits per heavy atom. The van der Waals surface area contributed by atoms with Gasteiger partial charge in [0.1, 0.15) is 5.75 Å². The minimum absolute atomic E-state index is 0.0270. The Bertz CT molecular complexity index is 914. The van der Waals surface area contributed by atoms with Crippen LogP contribution in [0, 0.1) is 0 Å². The number of benzene rings is 2. The van der Waals surface area contributed by atoms with Gasteiger partial charge in [0.05, 0.1) is 17.3 Å². The molecule has 0 aliphatic carbocycles. The summed E-state index contributed by atoms with van der Waals surface area (Å²) in [4.78, 5) is 26.2. The number of anilines is 1. The van der Waals surface area contributed by atoms with Crippen molar-refractivity contribution < 1.29 is 27.5 Å². The molecule has 0 bridgehead atoms. The molecule has 2 aromatic carbocycles. The van der Waals surface area contributed by atoms with Gasteiger partial charge in [-0.05, 0) is 36.2 Å². The maximum Gasteiger partial charge on any atom is 0.416 e. The maximum atomic E-state index is 13.0. The first-order valence-electron chi connectivity index (χ1n) is 9.78. The van der Waals surface area contributed by atoms with E-state index in [1.807, 2.05) is 6.92 Å². The van der Waals surface area contributed by atoms with Crippen molar-refractivity contribution in [3.8, 4) is 5.75 Å².